The average Bonchev–Trinajstić information content (AvgIpc) is 2.63. The van der Waals surface area contributed by atoms with E-state index in [4.69, 9.17) is 0 Å². The van der Waals surface area contributed by atoms with Gasteiger partial charge in [0.2, 0.25) is 11.8 Å². The number of likely N-dealkylation sites (N-methyl/N-ethyl adjacent to an activating group) is 1. The molecule has 1 aromatic carbocycles. The second kappa shape index (κ2) is 5.46. The fourth-order valence-electron chi connectivity index (χ4n) is 2.00. The number of hydrogen-bond acceptors (Lipinski definition) is 4. The van der Waals surface area contributed by atoms with Crippen LogP contribution in [0.4, 0.5) is 4.39 Å². The Morgan fingerprint density at radius 2 is 2.26 bits per heavy atom. The smallest absolute Gasteiger partial charge is 0.246 e. The molecule has 2 amide bonds. The Balaban J connectivity index is 1.93. The van der Waals surface area contributed by atoms with Gasteiger partial charge in [0.15, 0.2) is 0 Å². The third-order valence-electron chi connectivity index (χ3n) is 3.17. The minimum Gasteiger partial charge on any atom is -0.387 e. The summed E-state index contributed by atoms with van der Waals surface area (Å²) in [7, 11) is 1.43. The molecule has 0 aromatic heterocycles. The number of nitrogens with one attached hydrogen (secondary N) is 1. The molecule has 1 saturated heterocycles. The number of halogens is 1. The van der Waals surface area contributed by atoms with Crippen LogP contribution in [-0.4, -0.2) is 41.5 Å². The van der Waals surface area contributed by atoms with Crippen LogP contribution in [0.5, 0.6) is 0 Å². The van der Waals surface area contributed by atoms with Gasteiger partial charge in [-0.3, -0.25) is 14.5 Å². The highest BCUT2D eigenvalue weighted by atomic mass is 19.1. The van der Waals surface area contributed by atoms with Gasteiger partial charge in [0.1, 0.15) is 5.82 Å². The van der Waals surface area contributed by atoms with Gasteiger partial charge in [-0.05, 0) is 17.7 Å². The van der Waals surface area contributed by atoms with Crippen molar-refractivity contribution in [3.8, 4) is 0 Å². The molecule has 0 bridgehead atoms. The predicted molar refractivity (Wildman–Crippen MR) is 65.5 cm³/mol. The Hall–Kier alpha value is -1.79. The van der Waals surface area contributed by atoms with Crippen molar-refractivity contribution in [3.05, 3.63) is 35.6 Å². The van der Waals surface area contributed by atoms with E-state index in [1.165, 1.54) is 25.2 Å². The molecule has 5 nitrogen and oxygen atoms in total. The zero-order valence-electron chi connectivity index (χ0n) is 10.5. The van der Waals surface area contributed by atoms with E-state index in [-0.39, 0.29) is 24.8 Å². The lowest BCUT2D eigenvalue weighted by molar-refractivity contribution is -0.137. The van der Waals surface area contributed by atoms with E-state index in [1.54, 1.807) is 6.07 Å². The monoisotopic (exact) mass is 266 g/mol. The molecule has 1 aliphatic rings. The van der Waals surface area contributed by atoms with Gasteiger partial charge in [0.05, 0.1) is 18.6 Å². The minimum absolute atomic E-state index is 0.0843. The summed E-state index contributed by atoms with van der Waals surface area (Å²) in [4.78, 5) is 24.0. The summed E-state index contributed by atoms with van der Waals surface area (Å²) in [6.07, 6.45) is -0.838. The highest BCUT2D eigenvalue weighted by Crippen LogP contribution is 2.15. The molecule has 1 fully saturated rings. The van der Waals surface area contributed by atoms with Crippen LogP contribution in [0.25, 0.3) is 0 Å². The molecule has 6 heteroatoms. The molecule has 0 spiro atoms. The molecule has 0 aliphatic carbocycles. The van der Waals surface area contributed by atoms with Gasteiger partial charge in [-0.25, -0.2) is 4.39 Å². The number of rotatable bonds is 4. The van der Waals surface area contributed by atoms with Crippen LogP contribution in [0, 0.1) is 5.82 Å². The fraction of sp³-hybridized carbons (Fsp3) is 0.385. The Bertz CT molecular complexity index is 506. The van der Waals surface area contributed by atoms with Crippen LogP contribution >= 0.6 is 0 Å². The summed E-state index contributed by atoms with van der Waals surface area (Å²) in [5.74, 6) is -0.984. The quantitative estimate of drug-likeness (QED) is 0.764. The summed E-state index contributed by atoms with van der Waals surface area (Å²) >= 11 is 0. The fourth-order valence-corrected chi connectivity index (χ4v) is 2.00. The van der Waals surface area contributed by atoms with Crippen molar-refractivity contribution in [2.45, 2.75) is 18.6 Å². The molecule has 2 unspecified atom stereocenters. The molecule has 1 aliphatic heterocycles. The number of carbonyl (C=O) groups excluding carboxylic acids is 2. The molecule has 2 rings (SSSR count). The highest BCUT2D eigenvalue weighted by Gasteiger charge is 2.35. The third-order valence-corrected chi connectivity index (χ3v) is 3.17. The predicted octanol–water partition coefficient (Wildman–Crippen LogP) is 0.206. The molecule has 102 valence electrons. The van der Waals surface area contributed by atoms with E-state index in [0.29, 0.717) is 5.56 Å². The normalized spacial score (nSPS) is 21.0. The topological polar surface area (TPSA) is 69.6 Å². The molecule has 2 atom stereocenters. The van der Waals surface area contributed by atoms with Crippen molar-refractivity contribution < 1.29 is 19.1 Å². The second-order valence-electron chi connectivity index (χ2n) is 4.53. The first-order valence-corrected chi connectivity index (χ1v) is 5.96. The lowest BCUT2D eigenvalue weighted by Crippen LogP contribution is -2.39. The van der Waals surface area contributed by atoms with Crippen LogP contribution in [0.2, 0.25) is 0 Å². The molecule has 1 heterocycles. The van der Waals surface area contributed by atoms with Crippen molar-refractivity contribution in [2.75, 3.05) is 13.6 Å². The van der Waals surface area contributed by atoms with Crippen molar-refractivity contribution in [3.63, 3.8) is 0 Å². The third kappa shape index (κ3) is 2.97. The van der Waals surface area contributed by atoms with E-state index < -0.39 is 18.0 Å². The first kappa shape index (κ1) is 13.6. The van der Waals surface area contributed by atoms with E-state index in [2.05, 4.69) is 5.32 Å². The second-order valence-corrected chi connectivity index (χ2v) is 4.53. The molecule has 19 heavy (non-hydrogen) atoms. The van der Waals surface area contributed by atoms with Crippen LogP contribution in [-0.2, 0) is 9.59 Å². The van der Waals surface area contributed by atoms with Gasteiger partial charge in [-0.15, -0.1) is 0 Å². The zero-order chi connectivity index (χ0) is 14.0. The van der Waals surface area contributed by atoms with E-state index in [0.717, 1.165) is 4.90 Å². The Morgan fingerprint density at radius 1 is 1.53 bits per heavy atom. The maximum absolute atomic E-state index is 13.0. The Kier molecular flexibility index (Phi) is 3.92. The van der Waals surface area contributed by atoms with Crippen molar-refractivity contribution in [1.82, 2.24) is 10.2 Å². The first-order chi connectivity index (χ1) is 8.99. The number of imide groups is 1. The van der Waals surface area contributed by atoms with Crippen LogP contribution in [0.1, 0.15) is 18.1 Å². The summed E-state index contributed by atoms with van der Waals surface area (Å²) in [6, 6.07) is 5.02. The van der Waals surface area contributed by atoms with Crippen molar-refractivity contribution in [2.24, 2.45) is 0 Å². The highest BCUT2D eigenvalue weighted by molar-refractivity contribution is 6.05. The van der Waals surface area contributed by atoms with Gasteiger partial charge in [-0.2, -0.15) is 0 Å². The Morgan fingerprint density at radius 3 is 2.84 bits per heavy atom. The van der Waals surface area contributed by atoms with Gasteiger partial charge in [0, 0.05) is 13.6 Å². The summed E-state index contributed by atoms with van der Waals surface area (Å²) in [5, 5.41) is 12.7. The number of likely N-dealkylation sites (tertiary alicyclic amines) is 1. The zero-order valence-corrected chi connectivity index (χ0v) is 10.5. The van der Waals surface area contributed by atoms with Crippen molar-refractivity contribution >= 4 is 11.8 Å². The number of carbonyl (C=O) groups is 2. The summed E-state index contributed by atoms with van der Waals surface area (Å²) in [6.45, 7) is 0.0843. The number of benzene rings is 1. The van der Waals surface area contributed by atoms with Gasteiger partial charge in [-0.1, -0.05) is 12.1 Å². The number of aliphatic hydroxyl groups excluding tert-OH is 1. The Labute approximate surface area is 110 Å². The first-order valence-electron chi connectivity index (χ1n) is 5.96. The largest absolute Gasteiger partial charge is 0.387 e. The molecule has 2 N–H and O–H groups in total. The number of amides is 2. The SMILES string of the molecule is CN1C(=O)CC(NCC(O)c2cccc(F)c2)C1=O. The minimum atomic E-state index is -0.926. The van der Waals surface area contributed by atoms with E-state index >= 15 is 0 Å². The lowest BCUT2D eigenvalue weighted by atomic mass is 10.1. The molecular formula is C13H15FN2O3. The molecule has 0 saturated carbocycles. The number of nitrogens with zero attached hydrogens (tertiary/aromatic N) is 1. The standard InChI is InChI=1S/C13H15FN2O3/c1-16-12(18)6-10(13(16)19)15-7-11(17)8-3-2-4-9(14)5-8/h2-5,10-11,15,17H,6-7H2,1H3. The van der Waals surface area contributed by atoms with Crippen LogP contribution in [0.15, 0.2) is 24.3 Å². The van der Waals surface area contributed by atoms with Crippen molar-refractivity contribution in [1.29, 1.82) is 0 Å². The van der Waals surface area contributed by atoms with E-state index in [9.17, 15) is 19.1 Å². The van der Waals surface area contributed by atoms with Gasteiger partial charge in [0.25, 0.3) is 0 Å². The summed E-state index contributed by atoms with van der Waals surface area (Å²) < 4.78 is 13.0. The molecule has 1 aromatic rings. The lowest BCUT2D eigenvalue weighted by Gasteiger charge is -2.15. The summed E-state index contributed by atoms with van der Waals surface area (Å²) in [5.41, 5.74) is 0.428. The van der Waals surface area contributed by atoms with Gasteiger partial charge < -0.3 is 10.4 Å². The van der Waals surface area contributed by atoms with Crippen LogP contribution < -0.4 is 5.32 Å². The number of hydrogen-bond donors (Lipinski definition) is 2. The molecule has 0 radical (unpaired) electrons. The van der Waals surface area contributed by atoms with E-state index in [1.807, 2.05) is 0 Å². The average molecular weight is 266 g/mol. The maximum atomic E-state index is 13.0. The maximum Gasteiger partial charge on any atom is 0.246 e. The van der Waals surface area contributed by atoms with Crippen LogP contribution in [0.3, 0.4) is 0 Å². The molecular weight excluding hydrogens is 251 g/mol. The van der Waals surface area contributed by atoms with Gasteiger partial charge >= 0.3 is 0 Å². The number of aliphatic hydroxyl groups is 1.